The average molecular weight is 306 g/mol. The van der Waals surface area contributed by atoms with Crippen LogP contribution in [0.15, 0.2) is 24.5 Å². The molecule has 0 aromatic carbocycles. The fourth-order valence-electron chi connectivity index (χ4n) is 1.63. The molecule has 0 radical (unpaired) electrons. The maximum Gasteiger partial charge on any atom is 0.328 e. The van der Waals surface area contributed by atoms with Gasteiger partial charge in [0.25, 0.3) is 5.91 Å². The maximum absolute atomic E-state index is 11.9. The second-order valence-corrected chi connectivity index (χ2v) is 5.35. The Hall–Kier alpha value is -2.48. The molecule has 0 aliphatic heterocycles. The van der Waals surface area contributed by atoms with Gasteiger partial charge in [-0.2, -0.15) is 0 Å². The van der Waals surface area contributed by atoms with E-state index in [4.69, 9.17) is 5.11 Å². The largest absolute Gasteiger partial charge is 0.478 e. The molecular weight excluding hydrogens is 292 g/mol. The van der Waals surface area contributed by atoms with E-state index in [2.05, 4.69) is 15.5 Å². The summed E-state index contributed by atoms with van der Waals surface area (Å²) in [5.41, 5.74) is 0. The van der Waals surface area contributed by atoms with Crippen molar-refractivity contribution >= 4 is 29.3 Å². The number of aromatic nitrogens is 3. The molecule has 7 nitrogen and oxygen atoms in total. The molecule has 0 saturated carbocycles. The van der Waals surface area contributed by atoms with Crippen molar-refractivity contribution in [3.63, 3.8) is 0 Å². The van der Waals surface area contributed by atoms with Crippen molar-refractivity contribution in [2.75, 3.05) is 6.54 Å². The number of hydrogen-bond donors (Lipinski definition) is 2. The Morgan fingerprint density at radius 3 is 2.95 bits per heavy atom. The minimum absolute atomic E-state index is 0.183. The normalized spacial score (nSPS) is 10.9. The molecule has 110 valence electrons. The third kappa shape index (κ3) is 4.25. The molecule has 0 saturated heterocycles. The number of nitrogens with one attached hydrogen (secondary N) is 1. The number of thiophene rings is 1. The molecule has 0 spiro atoms. The fraction of sp³-hybridized carbons (Fsp3) is 0.231. The number of aryl methyl sites for hydroxylation is 1. The van der Waals surface area contributed by atoms with Crippen LogP contribution in [0.2, 0.25) is 0 Å². The van der Waals surface area contributed by atoms with Crippen molar-refractivity contribution < 1.29 is 14.7 Å². The maximum atomic E-state index is 11.9. The predicted molar refractivity (Wildman–Crippen MR) is 78.0 cm³/mol. The first kappa shape index (κ1) is 14.9. The van der Waals surface area contributed by atoms with Gasteiger partial charge in [-0.15, -0.1) is 21.5 Å². The summed E-state index contributed by atoms with van der Waals surface area (Å²) < 4.78 is 1.80. The topological polar surface area (TPSA) is 97.1 Å². The molecule has 0 fully saturated rings. The Balaban J connectivity index is 1.86. The van der Waals surface area contributed by atoms with E-state index in [9.17, 15) is 9.59 Å². The van der Waals surface area contributed by atoms with E-state index in [0.717, 1.165) is 16.8 Å². The Bertz CT molecular complexity index is 675. The molecule has 2 N–H and O–H groups in total. The van der Waals surface area contributed by atoms with Crippen LogP contribution in [0.3, 0.4) is 0 Å². The van der Waals surface area contributed by atoms with Crippen LogP contribution in [0, 0.1) is 0 Å². The summed E-state index contributed by atoms with van der Waals surface area (Å²) in [5.74, 6) is -0.401. The zero-order valence-electron chi connectivity index (χ0n) is 11.3. The van der Waals surface area contributed by atoms with Gasteiger partial charge in [0.15, 0.2) is 0 Å². The summed E-state index contributed by atoms with van der Waals surface area (Å²) in [6.07, 6.45) is 4.71. The van der Waals surface area contributed by atoms with Crippen LogP contribution in [0.4, 0.5) is 0 Å². The van der Waals surface area contributed by atoms with E-state index >= 15 is 0 Å². The highest BCUT2D eigenvalue weighted by molar-refractivity contribution is 7.14. The highest BCUT2D eigenvalue weighted by Gasteiger charge is 2.08. The summed E-state index contributed by atoms with van der Waals surface area (Å²) in [7, 11) is 1.84. The number of nitrogens with zero attached hydrogens (tertiary/aromatic N) is 3. The minimum atomic E-state index is -1.02. The second-order valence-electron chi connectivity index (χ2n) is 4.24. The molecule has 2 heterocycles. The Morgan fingerprint density at radius 2 is 2.29 bits per heavy atom. The lowest BCUT2D eigenvalue weighted by molar-refractivity contribution is -0.131. The summed E-state index contributed by atoms with van der Waals surface area (Å²) in [6, 6.07) is 3.38. The van der Waals surface area contributed by atoms with Crippen molar-refractivity contribution in [3.05, 3.63) is 40.1 Å². The molecule has 0 atom stereocenters. The van der Waals surface area contributed by atoms with Gasteiger partial charge in [0, 0.05) is 31.0 Å². The first-order valence-electron chi connectivity index (χ1n) is 6.18. The van der Waals surface area contributed by atoms with Gasteiger partial charge >= 0.3 is 5.97 Å². The van der Waals surface area contributed by atoms with Crippen LogP contribution in [-0.4, -0.2) is 38.3 Å². The van der Waals surface area contributed by atoms with Crippen molar-refractivity contribution in [2.45, 2.75) is 6.42 Å². The predicted octanol–water partition coefficient (Wildman–Crippen LogP) is 0.947. The minimum Gasteiger partial charge on any atom is -0.478 e. The smallest absolute Gasteiger partial charge is 0.328 e. The summed E-state index contributed by atoms with van der Waals surface area (Å²) in [4.78, 5) is 23.6. The lowest BCUT2D eigenvalue weighted by Gasteiger charge is -2.02. The number of aliphatic carboxylic acids is 1. The molecule has 0 bridgehead atoms. The summed E-state index contributed by atoms with van der Waals surface area (Å²) in [5, 5.41) is 19.0. The van der Waals surface area contributed by atoms with E-state index in [-0.39, 0.29) is 5.91 Å². The number of hydrogen-bond acceptors (Lipinski definition) is 5. The van der Waals surface area contributed by atoms with Gasteiger partial charge in [-0.3, -0.25) is 4.79 Å². The van der Waals surface area contributed by atoms with Crippen LogP contribution in [0.5, 0.6) is 0 Å². The van der Waals surface area contributed by atoms with Crippen molar-refractivity contribution in [2.24, 2.45) is 7.05 Å². The monoisotopic (exact) mass is 306 g/mol. The standard InChI is InChI=1S/C13H14N4O3S/c1-17-8-15-16-11(17)6-7-14-13(20)10-4-2-9(21-10)3-5-12(18)19/h2-5,8H,6-7H2,1H3,(H,14,20)(H,18,19). The average Bonchev–Trinajstić information content (AvgIpc) is 3.06. The van der Waals surface area contributed by atoms with E-state index in [1.165, 1.54) is 17.4 Å². The second kappa shape index (κ2) is 6.80. The Labute approximate surface area is 124 Å². The SMILES string of the molecule is Cn1cnnc1CCNC(=O)c1ccc(C=CC(=O)O)s1. The van der Waals surface area contributed by atoms with Gasteiger partial charge in [-0.25, -0.2) is 4.79 Å². The molecule has 2 aromatic rings. The first-order valence-corrected chi connectivity index (χ1v) is 7.00. The number of amides is 1. The van der Waals surface area contributed by atoms with Gasteiger partial charge in [-0.1, -0.05) is 0 Å². The first-order chi connectivity index (χ1) is 10.1. The number of carboxylic acid groups (broad SMARTS) is 1. The van der Waals surface area contributed by atoms with Gasteiger partial charge in [0.05, 0.1) is 4.88 Å². The molecule has 2 aromatic heterocycles. The molecule has 8 heteroatoms. The highest BCUT2D eigenvalue weighted by atomic mass is 32.1. The fourth-order valence-corrected chi connectivity index (χ4v) is 2.45. The number of rotatable bonds is 6. The van der Waals surface area contributed by atoms with Crippen molar-refractivity contribution in [3.8, 4) is 0 Å². The highest BCUT2D eigenvalue weighted by Crippen LogP contribution is 2.17. The van der Waals surface area contributed by atoms with E-state index in [1.54, 1.807) is 23.0 Å². The summed E-state index contributed by atoms with van der Waals surface area (Å²) in [6.45, 7) is 0.462. The van der Waals surface area contributed by atoms with Crippen molar-refractivity contribution in [1.82, 2.24) is 20.1 Å². The lowest BCUT2D eigenvalue weighted by Crippen LogP contribution is -2.25. The lowest BCUT2D eigenvalue weighted by atomic mass is 10.3. The molecule has 0 aliphatic carbocycles. The quantitative estimate of drug-likeness (QED) is 0.774. The van der Waals surface area contributed by atoms with E-state index in [0.29, 0.717) is 17.8 Å². The van der Waals surface area contributed by atoms with Gasteiger partial charge in [0.2, 0.25) is 0 Å². The number of carboxylic acids is 1. The zero-order valence-corrected chi connectivity index (χ0v) is 12.1. The molecular formula is C13H14N4O3S. The molecule has 21 heavy (non-hydrogen) atoms. The van der Waals surface area contributed by atoms with Gasteiger partial charge < -0.3 is 15.0 Å². The molecule has 1 amide bonds. The van der Waals surface area contributed by atoms with Crippen LogP contribution < -0.4 is 5.32 Å². The van der Waals surface area contributed by atoms with Crippen LogP contribution in [-0.2, 0) is 18.3 Å². The third-order valence-electron chi connectivity index (χ3n) is 2.68. The van der Waals surface area contributed by atoms with Crippen LogP contribution in [0.1, 0.15) is 20.4 Å². The number of carbonyl (C=O) groups excluding carboxylic acids is 1. The van der Waals surface area contributed by atoms with E-state index < -0.39 is 5.97 Å². The van der Waals surface area contributed by atoms with Gasteiger partial charge in [-0.05, 0) is 18.2 Å². The van der Waals surface area contributed by atoms with Gasteiger partial charge in [0.1, 0.15) is 12.2 Å². The third-order valence-corrected chi connectivity index (χ3v) is 3.73. The molecule has 0 unspecified atom stereocenters. The Kier molecular flexibility index (Phi) is 4.83. The zero-order chi connectivity index (χ0) is 15.2. The van der Waals surface area contributed by atoms with Crippen molar-refractivity contribution in [1.29, 1.82) is 0 Å². The van der Waals surface area contributed by atoms with Crippen LogP contribution in [0.25, 0.3) is 6.08 Å². The van der Waals surface area contributed by atoms with Crippen LogP contribution >= 0.6 is 11.3 Å². The summed E-state index contributed by atoms with van der Waals surface area (Å²) >= 11 is 1.24. The Morgan fingerprint density at radius 1 is 1.48 bits per heavy atom. The van der Waals surface area contributed by atoms with E-state index in [1.807, 2.05) is 7.05 Å². The molecule has 0 aliphatic rings. The molecule has 2 rings (SSSR count). The number of carbonyl (C=O) groups is 2.